The van der Waals surface area contributed by atoms with Crippen molar-refractivity contribution in [1.82, 2.24) is 4.31 Å². The number of nitrogens with zero attached hydrogens (tertiary/aromatic N) is 1. The van der Waals surface area contributed by atoms with Gasteiger partial charge in [-0.15, -0.1) is 0 Å². The second-order valence-corrected chi connectivity index (χ2v) is 8.59. The third-order valence-electron chi connectivity index (χ3n) is 3.07. The first-order chi connectivity index (χ1) is 6.98. The Kier molecular flexibility index (Phi) is 3.25. The lowest BCUT2D eigenvalue weighted by molar-refractivity contribution is -0.123. The fourth-order valence-corrected chi connectivity index (χ4v) is 3.48. The van der Waals surface area contributed by atoms with E-state index in [1.165, 1.54) is 4.31 Å². The predicted molar refractivity (Wildman–Crippen MR) is 63.7 cm³/mol. The van der Waals surface area contributed by atoms with Gasteiger partial charge in [-0.1, -0.05) is 0 Å². The maximum atomic E-state index is 12.3. The number of piperidine rings is 1. The van der Waals surface area contributed by atoms with E-state index in [0.717, 1.165) is 0 Å². The number of sulfonamides is 1. The monoisotopic (exact) mass is 247 g/mol. The SMILES string of the molecule is CC1(C)CCC(=O)CN1S(=O)(=O)C(C)(C)C. The largest absolute Gasteiger partial charge is 0.298 e. The fourth-order valence-electron chi connectivity index (χ4n) is 1.76. The van der Waals surface area contributed by atoms with Crippen molar-refractivity contribution in [3.05, 3.63) is 0 Å². The summed E-state index contributed by atoms with van der Waals surface area (Å²) in [5.41, 5.74) is -0.458. The van der Waals surface area contributed by atoms with Gasteiger partial charge in [0.2, 0.25) is 10.0 Å². The molecule has 1 fully saturated rings. The molecule has 0 bridgehead atoms. The van der Waals surface area contributed by atoms with Gasteiger partial charge in [0.05, 0.1) is 11.3 Å². The molecule has 1 aliphatic heterocycles. The van der Waals surface area contributed by atoms with E-state index in [1.54, 1.807) is 20.8 Å². The van der Waals surface area contributed by atoms with Crippen LogP contribution in [0, 0.1) is 0 Å². The van der Waals surface area contributed by atoms with Gasteiger partial charge in [-0.05, 0) is 41.0 Å². The summed E-state index contributed by atoms with van der Waals surface area (Å²) < 4.78 is 25.2. The topological polar surface area (TPSA) is 54.5 Å². The Bertz CT molecular complexity index is 390. The molecule has 1 aliphatic rings. The Morgan fingerprint density at radius 1 is 1.25 bits per heavy atom. The minimum Gasteiger partial charge on any atom is -0.298 e. The van der Waals surface area contributed by atoms with Gasteiger partial charge in [-0.2, -0.15) is 4.31 Å². The Morgan fingerprint density at radius 3 is 2.19 bits per heavy atom. The van der Waals surface area contributed by atoms with Crippen LogP contribution in [0.1, 0.15) is 47.5 Å². The first-order valence-corrected chi connectivity index (χ1v) is 6.96. The second kappa shape index (κ2) is 3.81. The molecule has 1 heterocycles. The molecule has 0 radical (unpaired) electrons. The highest BCUT2D eigenvalue weighted by Gasteiger charge is 2.45. The molecule has 0 saturated carbocycles. The van der Waals surface area contributed by atoms with Crippen molar-refractivity contribution in [2.75, 3.05) is 6.54 Å². The summed E-state index contributed by atoms with van der Waals surface area (Å²) in [6.07, 6.45) is 1.07. The molecule has 0 N–H and O–H groups in total. The van der Waals surface area contributed by atoms with E-state index < -0.39 is 20.3 Å². The minimum absolute atomic E-state index is 0.00662. The van der Waals surface area contributed by atoms with Crippen LogP contribution in [0.4, 0.5) is 0 Å². The van der Waals surface area contributed by atoms with E-state index in [-0.39, 0.29) is 12.3 Å². The Balaban J connectivity index is 3.15. The van der Waals surface area contributed by atoms with Gasteiger partial charge >= 0.3 is 0 Å². The molecule has 0 unspecified atom stereocenters. The maximum Gasteiger partial charge on any atom is 0.219 e. The standard InChI is InChI=1S/C11H21NO3S/c1-10(2,3)16(14,15)12-8-9(13)6-7-11(12,4)5/h6-8H2,1-5H3. The molecule has 5 heteroatoms. The molecular weight excluding hydrogens is 226 g/mol. The number of Topliss-reactive ketones (excluding diaryl/α,β-unsaturated/α-hetero) is 1. The van der Waals surface area contributed by atoms with Crippen molar-refractivity contribution in [1.29, 1.82) is 0 Å². The van der Waals surface area contributed by atoms with Crippen LogP contribution in [0.15, 0.2) is 0 Å². The molecule has 0 spiro atoms. The lowest BCUT2D eigenvalue weighted by Crippen LogP contribution is -2.57. The zero-order valence-electron chi connectivity index (χ0n) is 10.7. The first-order valence-electron chi connectivity index (χ1n) is 5.52. The quantitative estimate of drug-likeness (QED) is 0.706. The van der Waals surface area contributed by atoms with Crippen LogP contribution < -0.4 is 0 Å². The van der Waals surface area contributed by atoms with E-state index in [1.807, 2.05) is 13.8 Å². The molecule has 0 atom stereocenters. The van der Waals surface area contributed by atoms with Gasteiger partial charge in [-0.3, -0.25) is 4.79 Å². The van der Waals surface area contributed by atoms with Crippen molar-refractivity contribution in [2.24, 2.45) is 0 Å². The normalized spacial score (nSPS) is 23.4. The molecule has 0 aromatic heterocycles. The summed E-state index contributed by atoms with van der Waals surface area (Å²) >= 11 is 0. The zero-order valence-corrected chi connectivity index (χ0v) is 11.5. The van der Waals surface area contributed by atoms with Gasteiger partial charge in [0.1, 0.15) is 5.78 Å². The van der Waals surface area contributed by atoms with Crippen LogP contribution >= 0.6 is 0 Å². The third-order valence-corrected chi connectivity index (χ3v) is 5.83. The summed E-state index contributed by atoms with van der Waals surface area (Å²) in [7, 11) is -3.43. The van der Waals surface area contributed by atoms with Crippen molar-refractivity contribution < 1.29 is 13.2 Å². The molecule has 0 aromatic carbocycles. The van der Waals surface area contributed by atoms with Gasteiger partial charge in [0, 0.05) is 12.0 Å². The lowest BCUT2D eigenvalue weighted by atomic mass is 9.93. The molecule has 1 saturated heterocycles. The zero-order chi connectivity index (χ0) is 12.8. The smallest absolute Gasteiger partial charge is 0.219 e. The van der Waals surface area contributed by atoms with Crippen LogP contribution in [-0.2, 0) is 14.8 Å². The van der Waals surface area contributed by atoms with E-state index in [2.05, 4.69) is 0 Å². The average Bonchev–Trinajstić information content (AvgIpc) is 2.07. The molecule has 4 nitrogen and oxygen atoms in total. The van der Waals surface area contributed by atoms with E-state index >= 15 is 0 Å². The van der Waals surface area contributed by atoms with Gasteiger partial charge in [0.25, 0.3) is 0 Å². The molecule has 94 valence electrons. The Labute approximate surface area is 98.1 Å². The van der Waals surface area contributed by atoms with Crippen LogP contribution in [0.2, 0.25) is 0 Å². The van der Waals surface area contributed by atoms with Crippen LogP contribution in [0.5, 0.6) is 0 Å². The highest BCUT2D eigenvalue weighted by molar-refractivity contribution is 7.90. The van der Waals surface area contributed by atoms with Crippen LogP contribution in [0.25, 0.3) is 0 Å². The van der Waals surface area contributed by atoms with Crippen molar-refractivity contribution in [3.8, 4) is 0 Å². The molecule has 16 heavy (non-hydrogen) atoms. The van der Waals surface area contributed by atoms with Crippen molar-refractivity contribution in [2.45, 2.75) is 57.7 Å². The number of hydrogen-bond donors (Lipinski definition) is 0. The third kappa shape index (κ3) is 2.30. The summed E-state index contributed by atoms with van der Waals surface area (Å²) in [4.78, 5) is 11.4. The molecular formula is C11H21NO3S. The summed E-state index contributed by atoms with van der Waals surface area (Å²) in [5.74, 6) is 0.00662. The highest BCUT2D eigenvalue weighted by Crippen LogP contribution is 2.33. The Morgan fingerprint density at radius 2 is 1.75 bits per heavy atom. The van der Waals surface area contributed by atoms with Crippen molar-refractivity contribution in [3.63, 3.8) is 0 Å². The molecule has 0 amide bonds. The van der Waals surface area contributed by atoms with Gasteiger partial charge in [-0.25, -0.2) is 8.42 Å². The number of ketones is 1. The predicted octanol–water partition coefficient (Wildman–Crippen LogP) is 1.56. The Hall–Kier alpha value is -0.420. The number of rotatable bonds is 1. The van der Waals surface area contributed by atoms with Gasteiger partial charge < -0.3 is 0 Å². The number of hydrogen-bond acceptors (Lipinski definition) is 3. The summed E-state index contributed by atoms with van der Waals surface area (Å²) in [6, 6.07) is 0. The van der Waals surface area contributed by atoms with Crippen molar-refractivity contribution >= 4 is 15.8 Å². The highest BCUT2D eigenvalue weighted by atomic mass is 32.2. The van der Waals surface area contributed by atoms with Gasteiger partial charge in [0.15, 0.2) is 0 Å². The molecule has 0 aromatic rings. The number of carbonyl (C=O) groups is 1. The molecule has 0 aliphatic carbocycles. The minimum atomic E-state index is -3.43. The van der Waals surface area contributed by atoms with E-state index in [4.69, 9.17) is 0 Å². The number of carbonyl (C=O) groups excluding carboxylic acids is 1. The van der Waals surface area contributed by atoms with Crippen LogP contribution in [0.3, 0.4) is 0 Å². The average molecular weight is 247 g/mol. The van der Waals surface area contributed by atoms with E-state index in [0.29, 0.717) is 12.8 Å². The lowest BCUT2D eigenvalue weighted by Gasteiger charge is -2.43. The van der Waals surface area contributed by atoms with Crippen LogP contribution in [-0.4, -0.2) is 35.3 Å². The molecule has 1 rings (SSSR count). The van der Waals surface area contributed by atoms with E-state index in [9.17, 15) is 13.2 Å². The summed E-state index contributed by atoms with van der Waals surface area (Å²) in [6.45, 7) is 8.77. The first kappa shape index (κ1) is 13.6. The fraction of sp³-hybridized carbons (Fsp3) is 0.909. The summed E-state index contributed by atoms with van der Waals surface area (Å²) in [5, 5.41) is 0. The maximum absolute atomic E-state index is 12.3. The second-order valence-electron chi connectivity index (χ2n) is 5.98.